The zero-order valence-electron chi connectivity index (χ0n) is 9.18. The van der Waals surface area contributed by atoms with E-state index in [4.69, 9.17) is 11.6 Å². The predicted molar refractivity (Wildman–Crippen MR) is 69.1 cm³/mol. The first kappa shape index (κ1) is 11.9. The largest absolute Gasteiger partial charge is 0.394 e. The van der Waals surface area contributed by atoms with Crippen molar-refractivity contribution in [3.63, 3.8) is 0 Å². The van der Waals surface area contributed by atoms with Crippen molar-refractivity contribution in [2.24, 2.45) is 0 Å². The Morgan fingerprint density at radius 1 is 1.18 bits per heavy atom. The summed E-state index contributed by atoms with van der Waals surface area (Å²) in [6.07, 6.45) is 1.57. The molecule has 0 aliphatic carbocycles. The molecule has 1 atom stereocenters. The molecule has 0 fully saturated rings. The summed E-state index contributed by atoms with van der Waals surface area (Å²) in [4.78, 5) is 4.14. The van der Waals surface area contributed by atoms with Gasteiger partial charge in [0.2, 0.25) is 0 Å². The van der Waals surface area contributed by atoms with Crippen molar-refractivity contribution >= 4 is 17.4 Å². The van der Waals surface area contributed by atoms with Crippen LogP contribution in [0.15, 0.2) is 48.7 Å². The second kappa shape index (κ2) is 5.66. The van der Waals surface area contributed by atoms with E-state index in [1.165, 1.54) is 0 Å². The maximum absolute atomic E-state index is 9.38. The van der Waals surface area contributed by atoms with Crippen LogP contribution < -0.4 is 5.32 Å². The number of hydrogen-bond donors (Lipinski definition) is 2. The lowest BCUT2D eigenvalue weighted by atomic mass is 10.1. The number of halogens is 1. The van der Waals surface area contributed by atoms with Crippen LogP contribution in [0.25, 0.3) is 0 Å². The van der Waals surface area contributed by atoms with Gasteiger partial charge in [-0.1, -0.05) is 41.9 Å². The van der Waals surface area contributed by atoms with Crippen molar-refractivity contribution in [1.82, 2.24) is 4.98 Å². The van der Waals surface area contributed by atoms with Crippen molar-refractivity contribution in [2.45, 2.75) is 6.04 Å². The summed E-state index contributed by atoms with van der Waals surface area (Å²) in [5.74, 6) is 0.692. The molecule has 0 spiro atoms. The van der Waals surface area contributed by atoms with Crippen molar-refractivity contribution in [3.05, 3.63) is 59.2 Å². The Morgan fingerprint density at radius 2 is 1.94 bits per heavy atom. The van der Waals surface area contributed by atoms with Crippen LogP contribution in [-0.4, -0.2) is 16.7 Å². The number of nitrogens with zero attached hydrogens (tertiary/aromatic N) is 1. The van der Waals surface area contributed by atoms with Crippen molar-refractivity contribution in [2.75, 3.05) is 11.9 Å². The lowest BCUT2D eigenvalue weighted by Crippen LogP contribution is -2.15. The van der Waals surface area contributed by atoms with Crippen LogP contribution in [0.2, 0.25) is 5.02 Å². The van der Waals surface area contributed by atoms with Crippen LogP contribution in [0.5, 0.6) is 0 Å². The topological polar surface area (TPSA) is 45.1 Å². The minimum Gasteiger partial charge on any atom is -0.394 e. The summed E-state index contributed by atoms with van der Waals surface area (Å²) in [6.45, 7) is 0.00825. The van der Waals surface area contributed by atoms with E-state index in [9.17, 15) is 5.11 Å². The molecule has 0 saturated heterocycles. The highest BCUT2D eigenvalue weighted by molar-refractivity contribution is 6.30. The molecule has 1 aromatic carbocycles. The molecule has 1 aromatic heterocycles. The minimum absolute atomic E-state index is 0.00825. The van der Waals surface area contributed by atoms with Crippen LogP contribution >= 0.6 is 11.6 Å². The van der Waals surface area contributed by atoms with E-state index in [1.807, 2.05) is 30.3 Å². The average Bonchev–Trinajstić information content (AvgIpc) is 2.39. The number of benzene rings is 1. The number of hydrogen-bond acceptors (Lipinski definition) is 3. The highest BCUT2D eigenvalue weighted by atomic mass is 35.5. The molecule has 4 heteroatoms. The quantitative estimate of drug-likeness (QED) is 0.875. The van der Waals surface area contributed by atoms with E-state index in [-0.39, 0.29) is 12.6 Å². The first-order chi connectivity index (χ1) is 8.29. The molecule has 2 N–H and O–H groups in total. The maximum atomic E-state index is 9.38. The average molecular weight is 249 g/mol. The molecule has 88 valence electrons. The number of pyridine rings is 1. The molecule has 17 heavy (non-hydrogen) atoms. The molecule has 2 aromatic rings. The van der Waals surface area contributed by atoms with Gasteiger partial charge in [0.1, 0.15) is 5.82 Å². The third-order valence-corrected chi connectivity index (χ3v) is 2.66. The molecular formula is C13H13ClN2O. The number of aliphatic hydroxyl groups excluding tert-OH is 1. The first-order valence-corrected chi connectivity index (χ1v) is 5.71. The van der Waals surface area contributed by atoms with Gasteiger partial charge in [0.05, 0.1) is 17.7 Å². The van der Waals surface area contributed by atoms with E-state index >= 15 is 0 Å². The van der Waals surface area contributed by atoms with E-state index in [1.54, 1.807) is 18.3 Å². The van der Waals surface area contributed by atoms with E-state index in [0.717, 1.165) is 5.56 Å². The Balaban J connectivity index is 2.13. The number of aliphatic hydroxyl groups is 1. The van der Waals surface area contributed by atoms with Crippen molar-refractivity contribution in [3.8, 4) is 0 Å². The molecule has 1 heterocycles. The van der Waals surface area contributed by atoms with Gasteiger partial charge >= 0.3 is 0 Å². The van der Waals surface area contributed by atoms with Crippen LogP contribution in [0.3, 0.4) is 0 Å². The predicted octanol–water partition coefficient (Wildman–Crippen LogP) is 2.88. The zero-order valence-corrected chi connectivity index (χ0v) is 9.93. The first-order valence-electron chi connectivity index (χ1n) is 5.33. The van der Waals surface area contributed by atoms with Crippen molar-refractivity contribution < 1.29 is 5.11 Å². The van der Waals surface area contributed by atoms with Gasteiger partial charge < -0.3 is 10.4 Å². The second-order valence-corrected chi connectivity index (χ2v) is 4.09. The fourth-order valence-electron chi connectivity index (χ4n) is 1.56. The SMILES string of the molecule is OCC(Nc1ccc(Cl)cn1)c1ccccc1. The van der Waals surface area contributed by atoms with Crippen LogP contribution in [0, 0.1) is 0 Å². The van der Waals surface area contributed by atoms with Gasteiger partial charge in [-0.25, -0.2) is 4.98 Å². The maximum Gasteiger partial charge on any atom is 0.126 e. The van der Waals surface area contributed by atoms with Gasteiger partial charge in [-0.05, 0) is 17.7 Å². The van der Waals surface area contributed by atoms with Crippen LogP contribution in [0.4, 0.5) is 5.82 Å². The molecule has 0 radical (unpaired) electrons. The summed E-state index contributed by atoms with van der Waals surface area (Å²) in [5, 5.41) is 13.1. The lowest BCUT2D eigenvalue weighted by molar-refractivity contribution is 0.276. The second-order valence-electron chi connectivity index (χ2n) is 3.65. The van der Waals surface area contributed by atoms with Gasteiger partial charge in [0.25, 0.3) is 0 Å². The van der Waals surface area contributed by atoms with E-state index < -0.39 is 0 Å². The molecule has 0 aliphatic heterocycles. The zero-order chi connectivity index (χ0) is 12.1. The fourth-order valence-corrected chi connectivity index (χ4v) is 1.67. The summed E-state index contributed by atoms with van der Waals surface area (Å²) in [6, 6.07) is 13.1. The summed E-state index contributed by atoms with van der Waals surface area (Å²) in [5.41, 5.74) is 1.02. The van der Waals surface area contributed by atoms with Gasteiger partial charge in [-0.3, -0.25) is 0 Å². The third-order valence-electron chi connectivity index (χ3n) is 2.43. The molecule has 0 amide bonds. The molecule has 0 bridgehead atoms. The smallest absolute Gasteiger partial charge is 0.126 e. The fraction of sp³-hybridized carbons (Fsp3) is 0.154. The summed E-state index contributed by atoms with van der Waals surface area (Å²) in [7, 11) is 0. The highest BCUT2D eigenvalue weighted by Gasteiger charge is 2.09. The van der Waals surface area contributed by atoms with E-state index in [0.29, 0.717) is 10.8 Å². The van der Waals surface area contributed by atoms with Crippen LogP contribution in [-0.2, 0) is 0 Å². The summed E-state index contributed by atoms with van der Waals surface area (Å²) >= 11 is 5.76. The Hall–Kier alpha value is -1.58. The standard InChI is InChI=1S/C13H13ClN2O/c14-11-6-7-13(15-8-11)16-12(9-17)10-4-2-1-3-5-10/h1-8,12,17H,9H2,(H,15,16). The lowest BCUT2D eigenvalue weighted by Gasteiger charge is -2.17. The Kier molecular flexibility index (Phi) is 3.96. The Morgan fingerprint density at radius 3 is 2.53 bits per heavy atom. The number of nitrogens with one attached hydrogen (secondary N) is 1. The molecule has 2 rings (SSSR count). The van der Waals surface area contributed by atoms with E-state index in [2.05, 4.69) is 10.3 Å². The van der Waals surface area contributed by atoms with Gasteiger partial charge in [-0.2, -0.15) is 0 Å². The molecule has 0 saturated carbocycles. The monoisotopic (exact) mass is 248 g/mol. The van der Waals surface area contributed by atoms with Gasteiger partial charge in [0, 0.05) is 6.20 Å². The van der Waals surface area contributed by atoms with Crippen LogP contribution in [0.1, 0.15) is 11.6 Å². The summed E-state index contributed by atoms with van der Waals surface area (Å²) < 4.78 is 0. The highest BCUT2D eigenvalue weighted by Crippen LogP contribution is 2.18. The number of anilines is 1. The normalized spacial score (nSPS) is 12.1. The van der Waals surface area contributed by atoms with Gasteiger partial charge in [-0.15, -0.1) is 0 Å². The molecule has 0 aliphatic rings. The number of rotatable bonds is 4. The van der Waals surface area contributed by atoms with Gasteiger partial charge in [0.15, 0.2) is 0 Å². The molecule has 1 unspecified atom stereocenters. The van der Waals surface area contributed by atoms with Crippen molar-refractivity contribution in [1.29, 1.82) is 0 Å². The number of aromatic nitrogens is 1. The third kappa shape index (κ3) is 3.19. The Bertz CT molecular complexity index is 459. The molecule has 3 nitrogen and oxygen atoms in total. The Labute approximate surface area is 105 Å². The minimum atomic E-state index is -0.162. The molecular weight excluding hydrogens is 236 g/mol.